The van der Waals surface area contributed by atoms with Crippen LogP contribution in [-0.2, 0) is 17.9 Å². The van der Waals surface area contributed by atoms with Crippen LogP contribution in [0.1, 0.15) is 6.92 Å². The highest BCUT2D eigenvalue weighted by atomic mass is 16.5. The molecular formula is C28H29N5O6. The summed E-state index contributed by atoms with van der Waals surface area (Å²) in [7, 11) is 3.08. The zero-order valence-electron chi connectivity index (χ0n) is 21.9. The number of ether oxygens (including phenoxy) is 3. The van der Waals surface area contributed by atoms with Crippen LogP contribution in [0, 0.1) is 0 Å². The van der Waals surface area contributed by atoms with E-state index < -0.39 is 11.5 Å². The van der Waals surface area contributed by atoms with E-state index in [9.17, 15) is 14.4 Å². The number of methoxy groups -OCH3 is 2. The quantitative estimate of drug-likeness (QED) is 0.313. The van der Waals surface area contributed by atoms with E-state index >= 15 is 0 Å². The fourth-order valence-corrected chi connectivity index (χ4v) is 3.86. The number of nitrogens with zero attached hydrogens (tertiary/aromatic N) is 4. The zero-order valence-corrected chi connectivity index (χ0v) is 21.9. The molecule has 0 saturated heterocycles. The number of rotatable bonds is 11. The van der Waals surface area contributed by atoms with Crippen molar-refractivity contribution in [2.24, 2.45) is 0 Å². The Morgan fingerprint density at radius 3 is 2.18 bits per heavy atom. The van der Waals surface area contributed by atoms with E-state index in [0.29, 0.717) is 35.1 Å². The van der Waals surface area contributed by atoms with E-state index in [1.807, 2.05) is 31.2 Å². The first-order valence-electron chi connectivity index (χ1n) is 12.3. The molecule has 11 nitrogen and oxygen atoms in total. The van der Waals surface area contributed by atoms with Gasteiger partial charge in [0.15, 0.2) is 0 Å². The third kappa shape index (κ3) is 6.69. The molecule has 0 fully saturated rings. The molecule has 4 aromatic rings. The van der Waals surface area contributed by atoms with Crippen molar-refractivity contribution in [1.82, 2.24) is 24.9 Å². The number of amides is 1. The Morgan fingerprint density at radius 2 is 1.49 bits per heavy atom. The van der Waals surface area contributed by atoms with Gasteiger partial charge in [-0.25, -0.2) is 9.36 Å². The van der Waals surface area contributed by atoms with Gasteiger partial charge in [0.1, 0.15) is 23.8 Å². The average molecular weight is 532 g/mol. The second kappa shape index (κ2) is 12.5. The minimum atomic E-state index is -0.435. The van der Waals surface area contributed by atoms with Gasteiger partial charge in [0.25, 0.3) is 11.1 Å². The standard InChI is InChI=1S/C28H29N5O6/c1-4-39-20-7-5-19(6-8-20)23-10-13-27(35)32(30-23)16-15-29-26(34)18-33-28(36)14-11-24(31-33)22-17-21(37-2)9-12-25(22)38-3/h5-14,17H,4,15-16,18H2,1-3H3,(H,29,34). The SMILES string of the molecule is CCOc1ccc(-c2ccc(=O)n(CCNC(=O)Cn3nc(-c4cc(OC)ccc4OC)ccc3=O)n2)cc1. The minimum Gasteiger partial charge on any atom is -0.497 e. The molecular weight excluding hydrogens is 502 g/mol. The summed E-state index contributed by atoms with van der Waals surface area (Å²) < 4.78 is 18.5. The number of benzene rings is 2. The van der Waals surface area contributed by atoms with Crippen LogP contribution < -0.4 is 30.6 Å². The van der Waals surface area contributed by atoms with Gasteiger partial charge in [0.2, 0.25) is 5.91 Å². The number of hydrogen-bond donors (Lipinski definition) is 1. The molecule has 1 N–H and O–H groups in total. The van der Waals surface area contributed by atoms with Crippen LogP contribution >= 0.6 is 0 Å². The van der Waals surface area contributed by atoms with Crippen LogP contribution in [0.15, 0.2) is 76.3 Å². The summed E-state index contributed by atoms with van der Waals surface area (Å²) in [6.45, 7) is 2.47. The molecule has 0 atom stereocenters. The fourth-order valence-electron chi connectivity index (χ4n) is 3.86. The van der Waals surface area contributed by atoms with Crippen LogP contribution in [0.4, 0.5) is 0 Å². The van der Waals surface area contributed by atoms with Crippen LogP contribution in [0.2, 0.25) is 0 Å². The molecule has 4 rings (SSSR count). The van der Waals surface area contributed by atoms with Gasteiger partial charge in [-0.2, -0.15) is 10.2 Å². The van der Waals surface area contributed by atoms with E-state index in [0.717, 1.165) is 16.0 Å². The van der Waals surface area contributed by atoms with Gasteiger partial charge in [-0.15, -0.1) is 0 Å². The molecule has 0 radical (unpaired) electrons. The Hall–Kier alpha value is -4.93. The number of carbonyl (C=O) groups excluding carboxylic acids is 1. The number of nitrogens with one attached hydrogen (secondary N) is 1. The average Bonchev–Trinajstić information content (AvgIpc) is 2.95. The van der Waals surface area contributed by atoms with Gasteiger partial charge >= 0.3 is 0 Å². The van der Waals surface area contributed by atoms with Gasteiger partial charge in [-0.05, 0) is 61.5 Å². The second-order valence-electron chi connectivity index (χ2n) is 8.37. The van der Waals surface area contributed by atoms with Gasteiger partial charge in [0.05, 0.1) is 38.8 Å². The van der Waals surface area contributed by atoms with Gasteiger partial charge in [0, 0.05) is 29.8 Å². The Balaban J connectivity index is 1.42. The van der Waals surface area contributed by atoms with E-state index in [1.165, 1.54) is 23.9 Å². The largest absolute Gasteiger partial charge is 0.497 e. The molecule has 0 unspecified atom stereocenters. The highest BCUT2D eigenvalue weighted by Crippen LogP contribution is 2.31. The lowest BCUT2D eigenvalue weighted by Crippen LogP contribution is -2.36. The molecule has 0 aliphatic carbocycles. The van der Waals surface area contributed by atoms with Crippen molar-refractivity contribution in [3.63, 3.8) is 0 Å². The number of aromatic nitrogens is 4. The smallest absolute Gasteiger partial charge is 0.267 e. The van der Waals surface area contributed by atoms with Crippen molar-refractivity contribution in [3.8, 4) is 39.8 Å². The van der Waals surface area contributed by atoms with Gasteiger partial charge in [-0.3, -0.25) is 14.4 Å². The normalized spacial score (nSPS) is 10.6. The van der Waals surface area contributed by atoms with Gasteiger partial charge in [-0.1, -0.05) is 0 Å². The molecule has 2 aromatic carbocycles. The second-order valence-corrected chi connectivity index (χ2v) is 8.37. The summed E-state index contributed by atoms with van der Waals surface area (Å²) in [5.41, 5.74) is 1.77. The first kappa shape index (κ1) is 27.1. The number of hydrogen-bond acceptors (Lipinski definition) is 8. The molecule has 11 heteroatoms. The molecule has 0 spiro atoms. The Labute approximate surface area is 224 Å². The maximum Gasteiger partial charge on any atom is 0.267 e. The molecule has 2 aromatic heterocycles. The Morgan fingerprint density at radius 1 is 0.821 bits per heavy atom. The van der Waals surface area contributed by atoms with Crippen LogP contribution in [0.25, 0.3) is 22.5 Å². The van der Waals surface area contributed by atoms with Crippen molar-refractivity contribution in [2.45, 2.75) is 20.0 Å². The topological polar surface area (TPSA) is 127 Å². The van der Waals surface area contributed by atoms with Crippen LogP contribution in [0.5, 0.6) is 17.2 Å². The first-order valence-corrected chi connectivity index (χ1v) is 12.3. The Bertz CT molecular complexity index is 1560. The molecule has 2 heterocycles. The summed E-state index contributed by atoms with van der Waals surface area (Å²) in [5, 5.41) is 11.5. The summed E-state index contributed by atoms with van der Waals surface area (Å²) in [4.78, 5) is 37.3. The fraction of sp³-hybridized carbons (Fsp3) is 0.250. The molecule has 0 saturated carbocycles. The summed E-state index contributed by atoms with van der Waals surface area (Å²) in [5.74, 6) is 1.45. The summed E-state index contributed by atoms with van der Waals surface area (Å²) in [6.07, 6.45) is 0. The summed E-state index contributed by atoms with van der Waals surface area (Å²) in [6, 6.07) is 18.6. The van der Waals surface area contributed by atoms with Gasteiger partial charge < -0.3 is 19.5 Å². The maximum absolute atomic E-state index is 12.6. The highest BCUT2D eigenvalue weighted by Gasteiger charge is 2.13. The predicted octanol–water partition coefficient (Wildman–Crippen LogP) is 2.37. The molecule has 202 valence electrons. The third-order valence-corrected chi connectivity index (χ3v) is 5.82. The van der Waals surface area contributed by atoms with E-state index in [2.05, 4.69) is 15.5 Å². The van der Waals surface area contributed by atoms with Crippen LogP contribution in [-0.4, -0.2) is 52.8 Å². The van der Waals surface area contributed by atoms with E-state index in [1.54, 1.807) is 37.4 Å². The van der Waals surface area contributed by atoms with Crippen molar-refractivity contribution in [1.29, 1.82) is 0 Å². The van der Waals surface area contributed by atoms with E-state index in [-0.39, 0.29) is 25.2 Å². The van der Waals surface area contributed by atoms with Crippen LogP contribution in [0.3, 0.4) is 0 Å². The molecule has 0 bridgehead atoms. The molecule has 0 aliphatic rings. The molecule has 39 heavy (non-hydrogen) atoms. The highest BCUT2D eigenvalue weighted by molar-refractivity contribution is 5.75. The first-order chi connectivity index (χ1) is 18.9. The van der Waals surface area contributed by atoms with E-state index in [4.69, 9.17) is 14.2 Å². The number of carbonyl (C=O) groups is 1. The van der Waals surface area contributed by atoms with Crippen molar-refractivity contribution in [2.75, 3.05) is 27.4 Å². The summed E-state index contributed by atoms with van der Waals surface area (Å²) >= 11 is 0. The zero-order chi connectivity index (χ0) is 27.8. The third-order valence-electron chi connectivity index (χ3n) is 5.82. The van der Waals surface area contributed by atoms with Crippen molar-refractivity contribution >= 4 is 5.91 Å². The van der Waals surface area contributed by atoms with Crippen molar-refractivity contribution < 1.29 is 19.0 Å². The lowest BCUT2D eigenvalue weighted by Gasteiger charge is -2.12. The monoisotopic (exact) mass is 531 g/mol. The predicted molar refractivity (Wildman–Crippen MR) is 145 cm³/mol. The Kier molecular flexibility index (Phi) is 8.72. The lowest BCUT2D eigenvalue weighted by molar-refractivity contribution is -0.121. The van der Waals surface area contributed by atoms with Crippen molar-refractivity contribution in [3.05, 3.63) is 87.4 Å². The molecule has 0 aliphatic heterocycles. The maximum atomic E-state index is 12.6. The minimum absolute atomic E-state index is 0.136. The molecule has 1 amide bonds. The lowest BCUT2D eigenvalue weighted by atomic mass is 10.1.